The molecule has 2 aromatic carbocycles. The summed E-state index contributed by atoms with van der Waals surface area (Å²) < 4.78 is 0. The van der Waals surface area contributed by atoms with Crippen molar-refractivity contribution >= 4 is 29.0 Å². The van der Waals surface area contributed by atoms with Crippen molar-refractivity contribution in [3.63, 3.8) is 0 Å². The van der Waals surface area contributed by atoms with Crippen LogP contribution >= 0.6 is 11.8 Å². The van der Waals surface area contributed by atoms with Crippen molar-refractivity contribution in [1.29, 1.82) is 0 Å². The highest BCUT2D eigenvalue weighted by molar-refractivity contribution is 8.01. The fraction of sp³-hybridized carbons (Fsp3) is 0.235. The molecule has 1 aliphatic heterocycles. The molecule has 23 heavy (non-hydrogen) atoms. The zero-order valence-electron chi connectivity index (χ0n) is 12.8. The van der Waals surface area contributed by atoms with Crippen LogP contribution in [0.15, 0.2) is 41.3 Å². The van der Waals surface area contributed by atoms with E-state index in [0.717, 1.165) is 4.90 Å². The van der Waals surface area contributed by atoms with E-state index in [2.05, 4.69) is 17.4 Å². The SMILES string of the molecule is Cc1ccc2c(c1)S[C@@H](C(=O)Nc1cccc([N+](=O)[O-])c1C)C2. The maximum absolute atomic E-state index is 12.5. The molecule has 6 heteroatoms. The van der Waals surface area contributed by atoms with Crippen molar-refractivity contribution in [3.8, 4) is 0 Å². The predicted octanol–water partition coefficient (Wildman–Crippen LogP) is 3.87. The van der Waals surface area contributed by atoms with E-state index in [4.69, 9.17) is 0 Å². The van der Waals surface area contributed by atoms with Gasteiger partial charge in [0.1, 0.15) is 0 Å². The van der Waals surface area contributed by atoms with Crippen LogP contribution in [0.25, 0.3) is 0 Å². The molecule has 0 spiro atoms. The third-order valence-electron chi connectivity index (χ3n) is 3.95. The summed E-state index contributed by atoms with van der Waals surface area (Å²) in [5.74, 6) is -0.118. The quantitative estimate of drug-likeness (QED) is 0.686. The van der Waals surface area contributed by atoms with Gasteiger partial charge in [-0.15, -0.1) is 11.8 Å². The molecule has 0 aromatic heterocycles. The number of thioether (sulfide) groups is 1. The molecule has 0 bridgehead atoms. The number of amides is 1. The first-order valence-corrected chi connectivity index (χ1v) is 8.14. The Bertz CT molecular complexity index is 804. The molecule has 0 saturated carbocycles. The summed E-state index contributed by atoms with van der Waals surface area (Å²) in [6.45, 7) is 3.67. The van der Waals surface area contributed by atoms with Gasteiger partial charge in [-0.25, -0.2) is 0 Å². The molecule has 0 unspecified atom stereocenters. The Hall–Kier alpha value is -2.34. The minimum absolute atomic E-state index is 0.0146. The number of hydrogen-bond acceptors (Lipinski definition) is 4. The lowest BCUT2D eigenvalue weighted by molar-refractivity contribution is -0.385. The average Bonchev–Trinajstić information content (AvgIpc) is 2.92. The lowest BCUT2D eigenvalue weighted by atomic mass is 10.1. The molecule has 2 aromatic rings. The molecule has 1 amide bonds. The van der Waals surface area contributed by atoms with Crippen LogP contribution in [0.5, 0.6) is 0 Å². The van der Waals surface area contributed by atoms with Gasteiger partial charge in [-0.1, -0.05) is 23.8 Å². The number of nitro benzene ring substituents is 1. The Morgan fingerprint density at radius 1 is 1.30 bits per heavy atom. The van der Waals surface area contributed by atoms with Crippen LogP contribution in [0.4, 0.5) is 11.4 Å². The van der Waals surface area contributed by atoms with Crippen LogP contribution in [-0.4, -0.2) is 16.1 Å². The highest BCUT2D eigenvalue weighted by Crippen LogP contribution is 2.38. The van der Waals surface area contributed by atoms with Gasteiger partial charge in [-0.05, 0) is 38.0 Å². The first-order chi connectivity index (χ1) is 11.0. The van der Waals surface area contributed by atoms with Crippen LogP contribution in [0.3, 0.4) is 0 Å². The Balaban J connectivity index is 1.77. The summed E-state index contributed by atoms with van der Waals surface area (Å²) in [5, 5.41) is 13.6. The zero-order chi connectivity index (χ0) is 16.6. The smallest absolute Gasteiger partial charge is 0.274 e. The summed E-state index contributed by atoms with van der Waals surface area (Å²) in [6.07, 6.45) is 0.681. The van der Waals surface area contributed by atoms with Gasteiger partial charge in [0, 0.05) is 11.0 Å². The number of benzene rings is 2. The van der Waals surface area contributed by atoms with E-state index in [9.17, 15) is 14.9 Å². The first kappa shape index (κ1) is 15.6. The second kappa shape index (κ2) is 6.04. The summed E-state index contributed by atoms with van der Waals surface area (Å²) in [4.78, 5) is 24.2. The maximum Gasteiger partial charge on any atom is 0.274 e. The van der Waals surface area contributed by atoms with Gasteiger partial charge in [0.25, 0.3) is 5.69 Å². The number of nitrogens with one attached hydrogen (secondary N) is 1. The molecular formula is C17H16N2O3S. The summed E-state index contributed by atoms with van der Waals surface area (Å²) >= 11 is 1.55. The standard InChI is InChI=1S/C17H16N2O3S/c1-10-6-7-12-9-16(23-15(12)8-10)17(20)18-13-4-3-5-14(11(13)2)19(21)22/h3-8,16H,9H2,1-2H3,(H,18,20)/t16-/m1/s1. The van der Waals surface area contributed by atoms with Gasteiger partial charge in [-0.2, -0.15) is 0 Å². The monoisotopic (exact) mass is 328 g/mol. The number of carbonyl (C=O) groups is 1. The van der Waals surface area contributed by atoms with E-state index in [-0.39, 0.29) is 16.8 Å². The molecule has 1 aliphatic rings. The molecule has 118 valence electrons. The number of nitrogens with zero attached hydrogens (tertiary/aromatic N) is 1. The zero-order valence-corrected chi connectivity index (χ0v) is 13.6. The number of hydrogen-bond donors (Lipinski definition) is 1. The molecule has 0 aliphatic carbocycles. The van der Waals surface area contributed by atoms with E-state index in [1.54, 1.807) is 30.8 Å². The van der Waals surface area contributed by atoms with Crippen LogP contribution < -0.4 is 5.32 Å². The Morgan fingerprint density at radius 3 is 2.83 bits per heavy atom. The minimum Gasteiger partial charge on any atom is -0.325 e. The molecule has 3 rings (SSSR count). The lowest BCUT2D eigenvalue weighted by Crippen LogP contribution is -2.25. The molecule has 5 nitrogen and oxygen atoms in total. The van der Waals surface area contributed by atoms with Gasteiger partial charge in [0.2, 0.25) is 5.91 Å². The maximum atomic E-state index is 12.5. The van der Waals surface area contributed by atoms with Gasteiger partial charge in [-0.3, -0.25) is 14.9 Å². The second-order valence-corrected chi connectivity index (χ2v) is 6.86. The summed E-state index contributed by atoms with van der Waals surface area (Å²) in [5.41, 5.74) is 3.34. The Labute approximate surface area is 138 Å². The molecular weight excluding hydrogens is 312 g/mol. The third-order valence-corrected chi connectivity index (χ3v) is 5.25. The van der Waals surface area contributed by atoms with Crippen molar-refractivity contribution < 1.29 is 9.72 Å². The molecule has 0 fully saturated rings. The molecule has 1 N–H and O–H groups in total. The van der Waals surface area contributed by atoms with Crippen molar-refractivity contribution in [1.82, 2.24) is 0 Å². The number of nitro groups is 1. The molecule has 1 atom stereocenters. The highest BCUT2D eigenvalue weighted by atomic mass is 32.2. The fourth-order valence-corrected chi connectivity index (χ4v) is 3.94. The molecule has 0 radical (unpaired) electrons. The summed E-state index contributed by atoms with van der Waals surface area (Å²) in [6, 6.07) is 10.9. The normalized spacial score (nSPS) is 16.0. The average molecular weight is 328 g/mol. The van der Waals surface area contributed by atoms with E-state index >= 15 is 0 Å². The van der Waals surface area contributed by atoms with E-state index in [1.807, 2.05) is 13.0 Å². The van der Waals surface area contributed by atoms with Gasteiger partial charge < -0.3 is 5.32 Å². The van der Waals surface area contributed by atoms with Crippen LogP contribution in [0, 0.1) is 24.0 Å². The number of rotatable bonds is 3. The van der Waals surface area contributed by atoms with Crippen molar-refractivity contribution in [2.45, 2.75) is 30.4 Å². The van der Waals surface area contributed by atoms with Crippen molar-refractivity contribution in [2.24, 2.45) is 0 Å². The molecule has 1 heterocycles. The van der Waals surface area contributed by atoms with Gasteiger partial charge in [0.05, 0.1) is 21.4 Å². The summed E-state index contributed by atoms with van der Waals surface area (Å²) in [7, 11) is 0. The first-order valence-electron chi connectivity index (χ1n) is 7.27. The Kier molecular flexibility index (Phi) is 4.09. The second-order valence-electron chi connectivity index (χ2n) is 5.62. The number of aryl methyl sites for hydroxylation is 1. The number of fused-ring (bicyclic) bond motifs is 1. The van der Waals surface area contributed by atoms with Crippen molar-refractivity contribution in [2.75, 3.05) is 5.32 Å². The van der Waals surface area contributed by atoms with Crippen LogP contribution in [-0.2, 0) is 11.2 Å². The van der Waals surface area contributed by atoms with Gasteiger partial charge >= 0.3 is 0 Å². The fourth-order valence-electron chi connectivity index (χ4n) is 2.65. The van der Waals surface area contributed by atoms with E-state index < -0.39 is 4.92 Å². The minimum atomic E-state index is -0.437. The van der Waals surface area contributed by atoms with E-state index in [1.165, 1.54) is 17.2 Å². The van der Waals surface area contributed by atoms with Gasteiger partial charge in [0.15, 0.2) is 0 Å². The predicted molar refractivity (Wildman–Crippen MR) is 91.0 cm³/mol. The van der Waals surface area contributed by atoms with Crippen molar-refractivity contribution in [3.05, 3.63) is 63.2 Å². The Morgan fingerprint density at radius 2 is 2.09 bits per heavy atom. The molecule has 0 saturated heterocycles. The lowest BCUT2D eigenvalue weighted by Gasteiger charge is -2.12. The topological polar surface area (TPSA) is 72.2 Å². The van der Waals surface area contributed by atoms with E-state index in [0.29, 0.717) is 17.7 Å². The largest absolute Gasteiger partial charge is 0.325 e. The number of anilines is 1. The van der Waals surface area contributed by atoms with Crippen LogP contribution in [0.1, 0.15) is 16.7 Å². The van der Waals surface area contributed by atoms with Crippen LogP contribution in [0.2, 0.25) is 0 Å². The third kappa shape index (κ3) is 3.07. The highest BCUT2D eigenvalue weighted by Gasteiger charge is 2.29. The number of carbonyl (C=O) groups excluding carboxylic acids is 1.